The first kappa shape index (κ1) is 20.4. The van der Waals surface area contributed by atoms with Gasteiger partial charge in [0.2, 0.25) is 0 Å². The van der Waals surface area contributed by atoms with Gasteiger partial charge in [-0.3, -0.25) is 0 Å². The van der Waals surface area contributed by atoms with Crippen LogP contribution in [-0.2, 0) is 0 Å². The molecule has 1 aromatic heterocycles. The molecule has 0 fully saturated rings. The second kappa shape index (κ2) is 8.91. The Bertz CT molecular complexity index is 1350. The molecule has 156 valence electrons. The highest BCUT2D eigenvalue weighted by atomic mass is 35.5. The molecular weight excluding hydrogens is 439 g/mol. The van der Waals surface area contributed by atoms with Crippen molar-refractivity contribution in [2.24, 2.45) is 0 Å². The topological polar surface area (TPSA) is 37.9 Å². The van der Waals surface area contributed by atoms with Crippen molar-refractivity contribution in [3.8, 4) is 45.4 Å². The number of hydrogen-bond acceptors (Lipinski definition) is 2. The number of hydrogen-bond donors (Lipinski definition) is 1. The van der Waals surface area contributed by atoms with Gasteiger partial charge in [-0.15, -0.1) is 0 Å². The third kappa shape index (κ3) is 4.26. The SMILES string of the molecule is Clc1ccc(-c2nc(-c3ccccc3)c(-c3ccc(Oc4ccccc4)cc3)[nH]2)c(Cl)c1. The molecule has 0 spiro atoms. The maximum Gasteiger partial charge on any atom is 0.140 e. The van der Waals surface area contributed by atoms with Crippen LogP contribution >= 0.6 is 23.2 Å². The van der Waals surface area contributed by atoms with Gasteiger partial charge in [0.1, 0.15) is 17.3 Å². The predicted octanol–water partition coefficient (Wildman–Crippen LogP) is 8.51. The number of rotatable bonds is 5. The fraction of sp³-hybridized carbons (Fsp3) is 0. The number of aromatic nitrogens is 2. The Kier molecular flexibility index (Phi) is 5.68. The molecule has 0 amide bonds. The number of nitrogens with one attached hydrogen (secondary N) is 1. The molecule has 4 aromatic carbocycles. The first-order chi connectivity index (χ1) is 15.7. The van der Waals surface area contributed by atoms with Gasteiger partial charge in [-0.05, 0) is 54.6 Å². The Morgan fingerprint density at radius 1 is 0.656 bits per heavy atom. The minimum atomic E-state index is 0.545. The molecule has 0 atom stereocenters. The van der Waals surface area contributed by atoms with Gasteiger partial charge < -0.3 is 9.72 Å². The zero-order chi connectivity index (χ0) is 21.9. The Morgan fingerprint density at radius 2 is 1.31 bits per heavy atom. The molecule has 5 heteroatoms. The Morgan fingerprint density at radius 3 is 2.00 bits per heavy atom. The fourth-order valence-corrected chi connectivity index (χ4v) is 4.01. The van der Waals surface area contributed by atoms with Crippen LogP contribution in [0, 0.1) is 0 Å². The normalized spacial score (nSPS) is 10.8. The summed E-state index contributed by atoms with van der Waals surface area (Å²) in [6.45, 7) is 0. The lowest BCUT2D eigenvalue weighted by atomic mass is 10.1. The van der Waals surface area contributed by atoms with Crippen molar-refractivity contribution >= 4 is 23.2 Å². The maximum absolute atomic E-state index is 6.45. The second-order valence-corrected chi connectivity index (χ2v) is 8.08. The average Bonchev–Trinajstić information content (AvgIpc) is 3.26. The molecule has 0 unspecified atom stereocenters. The van der Waals surface area contributed by atoms with E-state index >= 15 is 0 Å². The second-order valence-electron chi connectivity index (χ2n) is 7.24. The van der Waals surface area contributed by atoms with Gasteiger partial charge in [0, 0.05) is 21.7 Å². The first-order valence-electron chi connectivity index (χ1n) is 10.1. The largest absolute Gasteiger partial charge is 0.457 e. The molecular formula is C27H18Cl2N2O. The monoisotopic (exact) mass is 456 g/mol. The minimum Gasteiger partial charge on any atom is -0.457 e. The third-order valence-corrected chi connectivity index (χ3v) is 5.61. The lowest BCUT2D eigenvalue weighted by molar-refractivity contribution is 0.483. The number of para-hydroxylation sites is 1. The summed E-state index contributed by atoms with van der Waals surface area (Å²) in [4.78, 5) is 8.36. The van der Waals surface area contributed by atoms with Crippen LogP contribution < -0.4 is 4.74 Å². The van der Waals surface area contributed by atoms with Gasteiger partial charge in [-0.2, -0.15) is 0 Å². The summed E-state index contributed by atoms with van der Waals surface area (Å²) in [6, 6.07) is 33.1. The van der Waals surface area contributed by atoms with Crippen LogP contribution in [0.25, 0.3) is 33.9 Å². The highest BCUT2D eigenvalue weighted by molar-refractivity contribution is 6.36. The fourth-order valence-electron chi connectivity index (χ4n) is 3.51. The summed E-state index contributed by atoms with van der Waals surface area (Å²) in [6.07, 6.45) is 0. The number of aromatic amines is 1. The minimum absolute atomic E-state index is 0.545. The molecule has 1 heterocycles. The summed E-state index contributed by atoms with van der Waals surface area (Å²) >= 11 is 12.5. The molecule has 3 nitrogen and oxygen atoms in total. The van der Waals surface area contributed by atoms with Crippen molar-refractivity contribution in [3.63, 3.8) is 0 Å². The van der Waals surface area contributed by atoms with Gasteiger partial charge in [-0.25, -0.2) is 4.98 Å². The summed E-state index contributed by atoms with van der Waals surface area (Å²) in [7, 11) is 0. The van der Waals surface area contributed by atoms with Crippen LogP contribution in [0.3, 0.4) is 0 Å². The number of imidazole rings is 1. The van der Waals surface area contributed by atoms with Crippen LogP contribution in [-0.4, -0.2) is 9.97 Å². The van der Waals surface area contributed by atoms with E-state index in [1.807, 2.05) is 97.1 Å². The number of halogens is 2. The van der Waals surface area contributed by atoms with Crippen molar-refractivity contribution < 1.29 is 4.74 Å². The molecule has 32 heavy (non-hydrogen) atoms. The standard InChI is InChI=1S/C27H18Cl2N2O/c28-20-13-16-23(24(29)17-20)27-30-25(18-7-3-1-4-8-18)26(31-27)19-11-14-22(15-12-19)32-21-9-5-2-6-10-21/h1-17H,(H,30,31). The van der Waals surface area contributed by atoms with E-state index in [9.17, 15) is 0 Å². The van der Waals surface area contributed by atoms with Crippen molar-refractivity contribution in [1.82, 2.24) is 9.97 Å². The van der Waals surface area contributed by atoms with E-state index in [0.29, 0.717) is 15.9 Å². The Balaban J connectivity index is 1.56. The third-order valence-electron chi connectivity index (χ3n) is 5.06. The first-order valence-corrected chi connectivity index (χ1v) is 10.9. The lowest BCUT2D eigenvalue weighted by Gasteiger charge is -2.07. The number of nitrogens with zero attached hydrogens (tertiary/aromatic N) is 1. The molecule has 0 aliphatic heterocycles. The smallest absolute Gasteiger partial charge is 0.140 e. The van der Waals surface area contributed by atoms with E-state index in [4.69, 9.17) is 32.9 Å². The molecule has 0 saturated carbocycles. The predicted molar refractivity (Wildman–Crippen MR) is 131 cm³/mol. The molecule has 1 N–H and O–H groups in total. The Hall–Kier alpha value is -3.53. The highest BCUT2D eigenvalue weighted by Gasteiger charge is 2.17. The van der Waals surface area contributed by atoms with Gasteiger partial charge in [0.25, 0.3) is 0 Å². The van der Waals surface area contributed by atoms with E-state index in [1.54, 1.807) is 6.07 Å². The number of benzene rings is 4. The summed E-state index contributed by atoms with van der Waals surface area (Å²) in [5.74, 6) is 2.25. The average molecular weight is 457 g/mol. The lowest BCUT2D eigenvalue weighted by Crippen LogP contribution is -1.86. The summed E-state index contributed by atoms with van der Waals surface area (Å²) < 4.78 is 5.93. The molecule has 0 aliphatic carbocycles. The van der Waals surface area contributed by atoms with Crippen molar-refractivity contribution in [1.29, 1.82) is 0 Å². The van der Waals surface area contributed by atoms with Gasteiger partial charge in [-0.1, -0.05) is 71.7 Å². The zero-order valence-electron chi connectivity index (χ0n) is 16.9. The van der Waals surface area contributed by atoms with Crippen LogP contribution in [0.5, 0.6) is 11.5 Å². The highest BCUT2D eigenvalue weighted by Crippen LogP contribution is 2.36. The van der Waals surface area contributed by atoms with Crippen LogP contribution in [0.15, 0.2) is 103 Å². The van der Waals surface area contributed by atoms with Crippen LogP contribution in [0.4, 0.5) is 0 Å². The van der Waals surface area contributed by atoms with Gasteiger partial charge >= 0.3 is 0 Å². The van der Waals surface area contributed by atoms with Crippen molar-refractivity contribution in [3.05, 3.63) is 113 Å². The molecule has 5 aromatic rings. The maximum atomic E-state index is 6.45. The molecule has 0 radical (unpaired) electrons. The van der Waals surface area contributed by atoms with E-state index in [1.165, 1.54) is 0 Å². The summed E-state index contributed by atoms with van der Waals surface area (Å²) in [5.41, 5.74) is 4.56. The van der Waals surface area contributed by atoms with Crippen molar-refractivity contribution in [2.45, 2.75) is 0 Å². The van der Waals surface area contributed by atoms with Crippen LogP contribution in [0.1, 0.15) is 0 Å². The van der Waals surface area contributed by atoms with E-state index in [0.717, 1.165) is 39.6 Å². The van der Waals surface area contributed by atoms with Gasteiger partial charge in [0.15, 0.2) is 0 Å². The van der Waals surface area contributed by atoms with E-state index < -0.39 is 0 Å². The molecule has 0 aliphatic rings. The molecule has 0 saturated heterocycles. The van der Waals surface area contributed by atoms with E-state index in [2.05, 4.69) is 4.98 Å². The van der Waals surface area contributed by atoms with Gasteiger partial charge in [0.05, 0.1) is 16.4 Å². The van der Waals surface area contributed by atoms with Crippen LogP contribution in [0.2, 0.25) is 10.0 Å². The van der Waals surface area contributed by atoms with E-state index in [-0.39, 0.29) is 0 Å². The summed E-state index contributed by atoms with van der Waals surface area (Å²) in [5, 5.41) is 1.13. The van der Waals surface area contributed by atoms with Crippen molar-refractivity contribution in [2.75, 3.05) is 0 Å². The number of H-pyrrole nitrogens is 1. The quantitative estimate of drug-likeness (QED) is 0.287. The molecule has 0 bridgehead atoms. The molecule has 5 rings (SSSR count). The zero-order valence-corrected chi connectivity index (χ0v) is 18.4. The Labute approximate surface area is 196 Å². The number of ether oxygens (including phenoxy) is 1.